The Hall–Kier alpha value is -2.53. The van der Waals surface area contributed by atoms with Gasteiger partial charge >= 0.3 is 12.1 Å². The molecule has 0 unspecified atom stereocenters. The molecule has 0 bridgehead atoms. The van der Waals surface area contributed by atoms with Gasteiger partial charge < -0.3 is 4.74 Å². The number of Topliss-reactive ketones (excluding diaryl/α,β-unsaturated/α-hetero) is 1. The van der Waals surface area contributed by atoms with E-state index in [1.165, 1.54) is 32.2 Å². The molecule has 2 aromatic rings. The maximum atomic E-state index is 13.8. The van der Waals surface area contributed by atoms with Crippen molar-refractivity contribution in [2.75, 3.05) is 12.9 Å². The summed E-state index contributed by atoms with van der Waals surface area (Å²) in [5.41, 5.74) is -1.06. The van der Waals surface area contributed by atoms with Gasteiger partial charge in [-0.05, 0) is 29.7 Å². The molecule has 1 N–H and O–H groups in total. The van der Waals surface area contributed by atoms with Crippen molar-refractivity contribution in [2.24, 2.45) is 0 Å². The van der Waals surface area contributed by atoms with Crippen LogP contribution in [0.5, 0.6) is 5.75 Å². The summed E-state index contributed by atoms with van der Waals surface area (Å²) < 4.78 is 97.8. The van der Waals surface area contributed by atoms with Crippen molar-refractivity contribution >= 4 is 15.6 Å². The third-order valence-electron chi connectivity index (χ3n) is 5.80. The molecule has 0 fully saturated rings. The number of carbonyl (C=O) groups excluding carboxylic acids is 1. The van der Waals surface area contributed by atoms with Gasteiger partial charge in [0, 0.05) is 12.0 Å². The summed E-state index contributed by atoms with van der Waals surface area (Å²) in [7, 11) is -2.88. The summed E-state index contributed by atoms with van der Waals surface area (Å²) in [6.45, 7) is 1.43. The van der Waals surface area contributed by atoms with Crippen molar-refractivity contribution in [3.05, 3.63) is 59.7 Å². The molecule has 2 aromatic carbocycles. The second kappa shape index (κ2) is 8.68. The van der Waals surface area contributed by atoms with Crippen molar-refractivity contribution in [2.45, 2.75) is 48.3 Å². The second-order valence-electron chi connectivity index (χ2n) is 7.96. The third-order valence-corrected chi connectivity index (χ3v) is 7.75. The molecule has 11 heteroatoms. The fourth-order valence-corrected chi connectivity index (χ4v) is 6.05. The van der Waals surface area contributed by atoms with Gasteiger partial charge in [0.2, 0.25) is 5.78 Å². The van der Waals surface area contributed by atoms with Crippen molar-refractivity contribution in [3.8, 4) is 5.75 Å². The molecule has 0 amide bonds. The number of hydrogen-bond donors (Lipinski definition) is 1. The summed E-state index contributed by atoms with van der Waals surface area (Å²) in [6.07, 6.45) is -7.61. The Labute approximate surface area is 187 Å². The molecule has 0 aliphatic carbocycles. The summed E-state index contributed by atoms with van der Waals surface area (Å²) in [5, 5.41) is 2.96. The van der Waals surface area contributed by atoms with E-state index in [1.807, 2.05) is 0 Å². The molecule has 1 aliphatic rings. The fraction of sp³-hybridized carbons (Fsp3) is 0.409. The van der Waals surface area contributed by atoms with Gasteiger partial charge in [0.05, 0.1) is 23.8 Å². The highest BCUT2D eigenvalue weighted by atomic mass is 32.2. The van der Waals surface area contributed by atoms with Crippen LogP contribution >= 0.6 is 0 Å². The lowest BCUT2D eigenvalue weighted by Crippen LogP contribution is -2.55. The van der Waals surface area contributed by atoms with Gasteiger partial charge in [0.1, 0.15) is 5.75 Å². The summed E-state index contributed by atoms with van der Waals surface area (Å²) in [6, 6.07) is 11.8. The van der Waals surface area contributed by atoms with Crippen LogP contribution in [-0.4, -0.2) is 44.7 Å². The van der Waals surface area contributed by atoms with E-state index in [0.717, 1.165) is 0 Å². The minimum Gasteiger partial charge on any atom is -0.497 e. The van der Waals surface area contributed by atoms with Gasteiger partial charge in [-0.15, -0.1) is 0 Å². The molecule has 0 saturated carbocycles. The van der Waals surface area contributed by atoms with Crippen LogP contribution in [0.2, 0.25) is 0 Å². The van der Waals surface area contributed by atoms with Crippen LogP contribution < -0.4 is 10.1 Å². The first-order chi connectivity index (χ1) is 15.3. The Morgan fingerprint density at radius 2 is 1.76 bits per heavy atom. The quantitative estimate of drug-likeness (QED) is 0.604. The Kier molecular flexibility index (Phi) is 6.60. The normalized spacial score (nSPS) is 22.8. The highest BCUT2D eigenvalue weighted by Gasteiger charge is 2.64. The van der Waals surface area contributed by atoms with Crippen LogP contribution in [-0.2, 0) is 14.6 Å². The minimum absolute atomic E-state index is 0.145. The number of carbonyl (C=O) groups is 1. The number of ether oxygens (including phenoxy) is 1. The smallest absolute Gasteiger partial charge is 0.461 e. The number of hydrogen-bond acceptors (Lipinski definition) is 5. The molecule has 0 spiro atoms. The Bertz CT molecular complexity index is 1140. The van der Waals surface area contributed by atoms with Crippen molar-refractivity contribution < 1.29 is 39.9 Å². The van der Waals surface area contributed by atoms with Crippen molar-refractivity contribution in [1.29, 1.82) is 0 Å². The molecule has 1 heterocycles. The number of nitrogens with one attached hydrogen (secondary N) is 1. The first kappa shape index (κ1) is 25.1. The van der Waals surface area contributed by atoms with Gasteiger partial charge in [-0.1, -0.05) is 43.3 Å². The SMILES string of the molecule is CC[C@]1(CC(=O)C(F)(F)C(F)(F)F)CS(=O)(=O)c2cc(OC)ccc2[C@H](c2ccccc2)N1. The van der Waals surface area contributed by atoms with Gasteiger partial charge in [-0.3, -0.25) is 10.1 Å². The number of halogens is 5. The molecule has 180 valence electrons. The zero-order valence-electron chi connectivity index (χ0n) is 17.7. The van der Waals surface area contributed by atoms with E-state index in [4.69, 9.17) is 4.74 Å². The molecule has 0 aromatic heterocycles. The molecule has 0 saturated heterocycles. The average Bonchev–Trinajstić information content (AvgIpc) is 2.85. The van der Waals surface area contributed by atoms with E-state index in [1.54, 1.807) is 30.3 Å². The third kappa shape index (κ3) is 4.74. The van der Waals surface area contributed by atoms with E-state index in [-0.39, 0.29) is 22.6 Å². The minimum atomic E-state index is -6.09. The largest absolute Gasteiger partial charge is 0.497 e. The van der Waals surface area contributed by atoms with Gasteiger partial charge in [0.15, 0.2) is 9.84 Å². The van der Waals surface area contributed by atoms with Crippen LogP contribution in [0.15, 0.2) is 53.4 Å². The zero-order valence-corrected chi connectivity index (χ0v) is 18.6. The van der Waals surface area contributed by atoms with Gasteiger partial charge in [-0.2, -0.15) is 22.0 Å². The van der Waals surface area contributed by atoms with Crippen molar-refractivity contribution in [1.82, 2.24) is 5.32 Å². The Morgan fingerprint density at radius 1 is 1.12 bits per heavy atom. The Morgan fingerprint density at radius 3 is 2.30 bits per heavy atom. The predicted octanol–water partition coefficient (Wildman–Crippen LogP) is 4.47. The number of sulfone groups is 1. The highest BCUT2D eigenvalue weighted by Crippen LogP contribution is 2.42. The van der Waals surface area contributed by atoms with E-state index in [9.17, 15) is 35.2 Å². The molecular formula is C22H22F5NO4S. The van der Waals surface area contributed by atoms with E-state index in [0.29, 0.717) is 5.56 Å². The van der Waals surface area contributed by atoms with Crippen LogP contribution in [0.4, 0.5) is 22.0 Å². The number of methoxy groups -OCH3 is 1. The lowest BCUT2D eigenvalue weighted by molar-refractivity contribution is -0.269. The number of ketones is 1. The number of alkyl halides is 5. The summed E-state index contributed by atoms with van der Waals surface area (Å²) >= 11 is 0. The molecule has 33 heavy (non-hydrogen) atoms. The average molecular weight is 491 g/mol. The van der Waals surface area contributed by atoms with Crippen LogP contribution in [0.1, 0.15) is 36.9 Å². The van der Waals surface area contributed by atoms with E-state index in [2.05, 4.69) is 5.32 Å². The maximum absolute atomic E-state index is 13.8. The van der Waals surface area contributed by atoms with E-state index >= 15 is 0 Å². The molecule has 5 nitrogen and oxygen atoms in total. The first-order valence-corrected chi connectivity index (χ1v) is 11.6. The van der Waals surface area contributed by atoms with Crippen LogP contribution in [0.3, 0.4) is 0 Å². The highest BCUT2D eigenvalue weighted by molar-refractivity contribution is 7.91. The number of fused-ring (bicyclic) bond motifs is 1. The number of benzene rings is 2. The van der Waals surface area contributed by atoms with Gasteiger partial charge in [0.25, 0.3) is 0 Å². The van der Waals surface area contributed by atoms with Gasteiger partial charge in [-0.25, -0.2) is 8.42 Å². The van der Waals surface area contributed by atoms with E-state index < -0.39 is 51.5 Å². The topological polar surface area (TPSA) is 72.5 Å². The zero-order chi connectivity index (χ0) is 24.7. The molecule has 3 rings (SSSR count). The maximum Gasteiger partial charge on any atom is 0.461 e. The second-order valence-corrected chi connectivity index (χ2v) is 9.91. The van der Waals surface area contributed by atoms with Crippen LogP contribution in [0, 0.1) is 0 Å². The fourth-order valence-electron chi connectivity index (χ4n) is 3.93. The Balaban J connectivity index is 2.18. The molecule has 2 atom stereocenters. The molecular weight excluding hydrogens is 469 g/mol. The standard InChI is InChI=1S/C22H22F5NO4S/c1-3-20(12-18(29)21(23,24)22(25,26)27)13-33(30,31)17-11-15(32-2)9-10-16(17)19(28-20)14-7-5-4-6-8-14/h4-11,19,28H,3,12-13H2,1-2H3/t19-,20-/m0/s1. The molecule has 1 aliphatic heterocycles. The van der Waals surface area contributed by atoms with Crippen molar-refractivity contribution in [3.63, 3.8) is 0 Å². The van der Waals surface area contributed by atoms with Crippen LogP contribution in [0.25, 0.3) is 0 Å². The predicted molar refractivity (Wildman–Crippen MR) is 110 cm³/mol. The number of rotatable bonds is 6. The first-order valence-electron chi connectivity index (χ1n) is 9.97. The lowest BCUT2D eigenvalue weighted by Gasteiger charge is -2.36. The summed E-state index contributed by atoms with van der Waals surface area (Å²) in [5.74, 6) is -8.62. The summed E-state index contributed by atoms with van der Waals surface area (Å²) in [4.78, 5) is 12.0. The molecule has 0 radical (unpaired) electrons. The lowest BCUT2D eigenvalue weighted by atomic mass is 9.86. The monoisotopic (exact) mass is 491 g/mol.